The first kappa shape index (κ1) is 15.3. The molecule has 1 unspecified atom stereocenters. The molecule has 0 aliphatic carbocycles. The van der Waals surface area contributed by atoms with Crippen LogP contribution < -0.4 is 5.32 Å². The van der Waals surface area contributed by atoms with Crippen molar-refractivity contribution in [3.63, 3.8) is 0 Å². The van der Waals surface area contributed by atoms with Gasteiger partial charge in [-0.1, -0.05) is 0 Å². The summed E-state index contributed by atoms with van der Waals surface area (Å²) in [4.78, 5) is 29.7. The molecule has 0 bridgehead atoms. The first-order valence-electron chi connectivity index (χ1n) is 7.11. The van der Waals surface area contributed by atoms with Gasteiger partial charge in [-0.3, -0.25) is 4.98 Å². The first-order valence-corrected chi connectivity index (χ1v) is 7.11. The number of carbonyl (C=O) groups is 2. The number of hydrogen-bond acceptors (Lipinski definition) is 3. The van der Waals surface area contributed by atoms with E-state index < -0.39 is 11.5 Å². The van der Waals surface area contributed by atoms with Gasteiger partial charge in [-0.15, -0.1) is 0 Å². The number of carbonyl (C=O) groups excluding carboxylic acids is 1. The number of carboxylic acid groups (broad SMARTS) is 1. The summed E-state index contributed by atoms with van der Waals surface area (Å²) < 4.78 is 0. The molecule has 2 heterocycles. The van der Waals surface area contributed by atoms with Crippen molar-refractivity contribution in [2.45, 2.75) is 45.6 Å². The third kappa shape index (κ3) is 2.99. The Morgan fingerprint density at radius 1 is 1.33 bits per heavy atom. The Balaban J connectivity index is 2.20. The fraction of sp³-hybridized carbons (Fsp3) is 0.533. The number of nitrogens with one attached hydrogen (secondary N) is 1. The van der Waals surface area contributed by atoms with Gasteiger partial charge in [0, 0.05) is 12.2 Å². The smallest absolute Gasteiger partial charge is 0.329 e. The maximum absolute atomic E-state index is 12.4. The second kappa shape index (κ2) is 5.71. The van der Waals surface area contributed by atoms with Gasteiger partial charge in [0.1, 0.15) is 5.54 Å². The zero-order valence-corrected chi connectivity index (χ0v) is 12.6. The minimum atomic E-state index is -1.14. The molecule has 114 valence electrons. The van der Waals surface area contributed by atoms with E-state index in [0.717, 1.165) is 24.2 Å². The molecule has 1 fully saturated rings. The average Bonchev–Trinajstić information content (AvgIpc) is 2.42. The van der Waals surface area contributed by atoms with Crippen molar-refractivity contribution in [1.29, 1.82) is 0 Å². The number of amides is 2. The molecule has 0 spiro atoms. The number of rotatable bonds is 2. The largest absolute Gasteiger partial charge is 0.480 e. The minimum absolute atomic E-state index is 0.381. The van der Waals surface area contributed by atoms with E-state index in [-0.39, 0.29) is 6.03 Å². The van der Waals surface area contributed by atoms with E-state index in [4.69, 9.17) is 0 Å². The quantitative estimate of drug-likeness (QED) is 0.877. The lowest BCUT2D eigenvalue weighted by molar-refractivity contribution is -0.150. The van der Waals surface area contributed by atoms with Crippen LogP contribution in [0.25, 0.3) is 0 Å². The van der Waals surface area contributed by atoms with Crippen LogP contribution in [0.15, 0.2) is 12.1 Å². The number of pyridine rings is 1. The molecule has 21 heavy (non-hydrogen) atoms. The summed E-state index contributed by atoms with van der Waals surface area (Å²) in [6.07, 6.45) is 2.11. The standard InChI is InChI=1S/C15H21N3O3/c1-10-6-7-12(11(2)16-10)17-14(21)18-9-5-4-8-15(18,3)13(19)20/h6-7H,4-5,8-9H2,1-3H3,(H,17,21)(H,19,20). The van der Waals surface area contributed by atoms with Crippen molar-refractivity contribution < 1.29 is 14.7 Å². The number of carboxylic acids is 1. The molecule has 2 N–H and O–H groups in total. The van der Waals surface area contributed by atoms with Crippen molar-refractivity contribution >= 4 is 17.7 Å². The molecule has 1 aromatic rings. The van der Waals surface area contributed by atoms with E-state index in [9.17, 15) is 14.7 Å². The highest BCUT2D eigenvalue weighted by molar-refractivity contribution is 5.94. The molecule has 2 amide bonds. The number of hydrogen-bond donors (Lipinski definition) is 2. The Morgan fingerprint density at radius 3 is 2.67 bits per heavy atom. The number of nitrogens with zero attached hydrogens (tertiary/aromatic N) is 2. The summed E-state index contributed by atoms with van der Waals surface area (Å²) in [5.41, 5.74) is 1.06. The maximum Gasteiger partial charge on any atom is 0.329 e. The second-order valence-corrected chi connectivity index (χ2v) is 5.70. The molecular formula is C15H21N3O3. The Morgan fingerprint density at radius 2 is 2.05 bits per heavy atom. The van der Waals surface area contributed by atoms with E-state index in [2.05, 4.69) is 10.3 Å². The van der Waals surface area contributed by atoms with Crippen molar-refractivity contribution in [2.75, 3.05) is 11.9 Å². The van der Waals surface area contributed by atoms with Gasteiger partial charge in [-0.2, -0.15) is 0 Å². The number of aryl methyl sites for hydroxylation is 2. The zero-order chi connectivity index (χ0) is 15.6. The predicted molar refractivity (Wildman–Crippen MR) is 79.3 cm³/mol. The molecule has 1 aliphatic heterocycles. The van der Waals surface area contributed by atoms with Crippen LogP contribution in [0.3, 0.4) is 0 Å². The predicted octanol–water partition coefficient (Wildman–Crippen LogP) is 2.56. The van der Waals surface area contributed by atoms with Crippen LogP contribution in [0.5, 0.6) is 0 Å². The molecule has 6 heteroatoms. The fourth-order valence-corrected chi connectivity index (χ4v) is 2.67. The van der Waals surface area contributed by atoms with Gasteiger partial charge in [0.15, 0.2) is 0 Å². The molecule has 6 nitrogen and oxygen atoms in total. The Kier molecular flexibility index (Phi) is 4.16. The van der Waals surface area contributed by atoms with Crippen LogP contribution in [0.1, 0.15) is 37.6 Å². The lowest BCUT2D eigenvalue weighted by atomic mass is 9.89. The van der Waals surface area contributed by atoms with Gasteiger partial charge in [-0.05, 0) is 52.2 Å². The molecule has 1 atom stereocenters. The highest BCUT2D eigenvalue weighted by atomic mass is 16.4. The first-order chi connectivity index (χ1) is 9.84. The normalized spacial score (nSPS) is 22.0. The summed E-state index contributed by atoms with van der Waals surface area (Å²) in [5.74, 6) is -0.962. The lowest BCUT2D eigenvalue weighted by Crippen LogP contribution is -2.58. The van der Waals surface area contributed by atoms with E-state index in [1.807, 2.05) is 19.9 Å². The highest BCUT2D eigenvalue weighted by Crippen LogP contribution is 2.29. The Hall–Kier alpha value is -2.11. The number of anilines is 1. The third-order valence-corrected chi connectivity index (χ3v) is 4.06. The summed E-state index contributed by atoms with van der Waals surface area (Å²) in [7, 11) is 0. The van der Waals surface area contributed by atoms with Crippen molar-refractivity contribution in [1.82, 2.24) is 9.88 Å². The summed E-state index contributed by atoms with van der Waals surface area (Å²) in [5, 5.41) is 12.2. The number of aromatic nitrogens is 1. The second-order valence-electron chi connectivity index (χ2n) is 5.70. The van der Waals surface area contributed by atoms with Crippen LogP contribution in [-0.4, -0.2) is 39.1 Å². The number of likely N-dealkylation sites (tertiary alicyclic amines) is 1. The van der Waals surface area contributed by atoms with Crippen LogP contribution in [-0.2, 0) is 4.79 Å². The third-order valence-electron chi connectivity index (χ3n) is 4.06. The molecule has 1 aromatic heterocycles. The molecule has 0 saturated carbocycles. The SMILES string of the molecule is Cc1ccc(NC(=O)N2CCCCC2(C)C(=O)O)c(C)n1. The van der Waals surface area contributed by atoms with Crippen LogP contribution in [0.4, 0.5) is 10.5 Å². The van der Waals surface area contributed by atoms with Crippen LogP contribution >= 0.6 is 0 Å². The van der Waals surface area contributed by atoms with Gasteiger partial charge < -0.3 is 15.3 Å². The number of urea groups is 1. The molecule has 0 aromatic carbocycles. The Labute approximate surface area is 124 Å². The zero-order valence-electron chi connectivity index (χ0n) is 12.6. The van der Waals surface area contributed by atoms with Gasteiger partial charge in [0.05, 0.1) is 11.4 Å². The van der Waals surface area contributed by atoms with Crippen LogP contribution in [0, 0.1) is 13.8 Å². The van der Waals surface area contributed by atoms with E-state index in [0.29, 0.717) is 18.7 Å². The highest BCUT2D eigenvalue weighted by Gasteiger charge is 2.44. The maximum atomic E-state index is 12.4. The molecular weight excluding hydrogens is 270 g/mol. The fourth-order valence-electron chi connectivity index (χ4n) is 2.67. The average molecular weight is 291 g/mol. The van der Waals surface area contributed by atoms with Crippen molar-refractivity contribution in [3.05, 3.63) is 23.5 Å². The van der Waals surface area contributed by atoms with E-state index in [1.54, 1.807) is 13.0 Å². The van der Waals surface area contributed by atoms with Crippen LogP contribution in [0.2, 0.25) is 0 Å². The number of piperidine rings is 1. The van der Waals surface area contributed by atoms with E-state index >= 15 is 0 Å². The van der Waals surface area contributed by atoms with E-state index in [1.165, 1.54) is 4.90 Å². The molecule has 1 aliphatic rings. The summed E-state index contributed by atoms with van der Waals surface area (Å²) in [6.45, 7) is 5.75. The van der Waals surface area contributed by atoms with Gasteiger partial charge in [-0.25, -0.2) is 9.59 Å². The lowest BCUT2D eigenvalue weighted by Gasteiger charge is -2.41. The summed E-state index contributed by atoms with van der Waals surface area (Å²) >= 11 is 0. The number of aliphatic carboxylic acids is 1. The molecule has 1 saturated heterocycles. The Bertz CT molecular complexity index is 573. The molecule has 0 radical (unpaired) electrons. The topological polar surface area (TPSA) is 82.5 Å². The van der Waals surface area contributed by atoms with Gasteiger partial charge in [0.2, 0.25) is 0 Å². The summed E-state index contributed by atoms with van der Waals surface area (Å²) in [6, 6.07) is 3.22. The van der Waals surface area contributed by atoms with Crippen molar-refractivity contribution in [3.8, 4) is 0 Å². The minimum Gasteiger partial charge on any atom is -0.480 e. The van der Waals surface area contributed by atoms with Crippen molar-refractivity contribution in [2.24, 2.45) is 0 Å². The molecule has 2 rings (SSSR count). The van der Waals surface area contributed by atoms with Gasteiger partial charge >= 0.3 is 12.0 Å². The van der Waals surface area contributed by atoms with Gasteiger partial charge in [0.25, 0.3) is 0 Å². The monoisotopic (exact) mass is 291 g/mol.